The minimum absolute atomic E-state index is 0.921. The maximum Gasteiger partial charge on any atom is 0.0888 e. The molecule has 0 spiro atoms. The average molecular weight is 338 g/mol. The molecule has 0 N–H and O–H groups in total. The molecule has 0 bridgehead atoms. The topological polar surface area (TPSA) is 38.1 Å². The number of allylic oxidation sites excluding steroid dienone is 2. The van der Waals surface area contributed by atoms with Crippen LogP contribution in [0.4, 0.5) is 0 Å². The molecule has 0 fully saturated rings. The summed E-state index contributed by atoms with van der Waals surface area (Å²) in [6, 6.07) is 8.57. The summed E-state index contributed by atoms with van der Waals surface area (Å²) < 4.78 is 0. The van der Waals surface area contributed by atoms with Gasteiger partial charge in [0.25, 0.3) is 0 Å². The van der Waals surface area contributed by atoms with Crippen molar-refractivity contribution < 1.29 is 0 Å². The fourth-order valence-electron chi connectivity index (χ4n) is 2.49. The van der Waals surface area contributed by atoms with Crippen molar-refractivity contribution >= 4 is 5.71 Å². The zero-order chi connectivity index (χ0) is 18.5. The zero-order valence-electron chi connectivity index (χ0n) is 16.3. The molecule has 0 amide bonds. The number of hydrogen-bond acceptors (Lipinski definition) is 3. The monoisotopic (exact) mass is 337 g/mol. The summed E-state index contributed by atoms with van der Waals surface area (Å²) in [6.07, 6.45) is 11.8. The maximum atomic E-state index is 4.75. The molecule has 3 heteroatoms. The number of hydrogen-bond donors (Lipinski definition) is 0. The van der Waals surface area contributed by atoms with Crippen LogP contribution < -0.4 is 0 Å². The second-order valence-electron chi connectivity index (χ2n) is 5.51. The van der Waals surface area contributed by atoms with E-state index in [-0.39, 0.29) is 0 Å². The molecule has 2 rings (SSSR count). The van der Waals surface area contributed by atoms with Crippen molar-refractivity contribution in [3.63, 3.8) is 0 Å². The number of rotatable bonds is 7. The summed E-state index contributed by atoms with van der Waals surface area (Å²) >= 11 is 0. The molecule has 0 saturated carbocycles. The van der Waals surface area contributed by atoms with Crippen molar-refractivity contribution in [3.8, 4) is 11.3 Å². The van der Waals surface area contributed by atoms with Crippen molar-refractivity contribution in [2.75, 3.05) is 7.05 Å². The number of benzene rings is 1. The Morgan fingerprint density at radius 3 is 2.44 bits per heavy atom. The van der Waals surface area contributed by atoms with Gasteiger partial charge < -0.3 is 0 Å². The van der Waals surface area contributed by atoms with Gasteiger partial charge in [-0.15, -0.1) is 0 Å². The van der Waals surface area contributed by atoms with E-state index in [1.807, 2.05) is 46.3 Å². The van der Waals surface area contributed by atoms with E-state index >= 15 is 0 Å². The van der Waals surface area contributed by atoms with Crippen LogP contribution in [0.15, 0.2) is 53.8 Å². The summed E-state index contributed by atoms with van der Waals surface area (Å²) in [4.78, 5) is 13.4. The molecule has 1 aromatic carbocycles. The third kappa shape index (κ3) is 7.00. The summed E-state index contributed by atoms with van der Waals surface area (Å²) in [7, 11) is 1.84. The van der Waals surface area contributed by atoms with Crippen LogP contribution in [0.25, 0.3) is 11.3 Å². The van der Waals surface area contributed by atoms with Crippen molar-refractivity contribution in [2.24, 2.45) is 4.99 Å². The quantitative estimate of drug-likeness (QED) is 0.608. The average Bonchev–Trinajstić information content (AvgIpc) is 2.69. The Balaban J connectivity index is 0.00000151. The van der Waals surface area contributed by atoms with Crippen LogP contribution in [0, 0.1) is 0 Å². The molecule has 0 aliphatic rings. The Morgan fingerprint density at radius 2 is 1.84 bits per heavy atom. The molecule has 1 heterocycles. The lowest BCUT2D eigenvalue weighted by Crippen LogP contribution is -1.98. The van der Waals surface area contributed by atoms with E-state index in [4.69, 9.17) is 4.98 Å². The van der Waals surface area contributed by atoms with E-state index in [0.29, 0.717) is 0 Å². The summed E-state index contributed by atoms with van der Waals surface area (Å²) in [6.45, 7) is 8.18. The Labute approximate surface area is 153 Å². The maximum absolute atomic E-state index is 4.75. The van der Waals surface area contributed by atoms with Crippen LogP contribution >= 0.6 is 0 Å². The summed E-state index contributed by atoms with van der Waals surface area (Å²) in [5.41, 5.74) is 5.59. The minimum Gasteiger partial charge on any atom is -0.293 e. The second kappa shape index (κ2) is 12.1. The molecule has 0 aliphatic heterocycles. The highest BCUT2D eigenvalue weighted by molar-refractivity contribution is 5.94. The first-order valence-corrected chi connectivity index (χ1v) is 9.25. The largest absolute Gasteiger partial charge is 0.293 e. The first-order chi connectivity index (χ1) is 12.3. The normalized spacial score (nSPS) is 11.3. The lowest BCUT2D eigenvalue weighted by Gasteiger charge is -2.05. The van der Waals surface area contributed by atoms with Crippen LogP contribution in [0.2, 0.25) is 0 Å². The Hall–Kier alpha value is -2.29. The molecule has 3 nitrogen and oxygen atoms in total. The standard InChI is InChI=1S/C20H25N3.C2H6/c1-4-7-18(21-3)8-6-9-19-14-22-15-20(23-19)17-12-10-16(5-2)11-13-17;1-2/h4,7,10-15H,5-6,8-9H2,1-3H3;1-2H3/b7-4-,21-18?;. The Morgan fingerprint density at radius 1 is 1.12 bits per heavy atom. The van der Waals surface area contributed by atoms with Gasteiger partial charge in [0.1, 0.15) is 0 Å². The van der Waals surface area contributed by atoms with E-state index in [1.165, 1.54) is 5.56 Å². The lowest BCUT2D eigenvalue weighted by atomic mass is 10.1. The third-order valence-corrected chi connectivity index (χ3v) is 3.85. The molecular formula is C22H31N3. The first kappa shape index (κ1) is 20.8. The van der Waals surface area contributed by atoms with E-state index in [0.717, 1.165) is 48.3 Å². The predicted molar refractivity (Wildman–Crippen MR) is 109 cm³/mol. The van der Waals surface area contributed by atoms with Crippen molar-refractivity contribution in [3.05, 3.63) is 60.1 Å². The van der Waals surface area contributed by atoms with Gasteiger partial charge in [0.15, 0.2) is 0 Å². The van der Waals surface area contributed by atoms with Crippen LogP contribution in [-0.4, -0.2) is 22.7 Å². The fourth-order valence-corrected chi connectivity index (χ4v) is 2.49. The SMILES string of the molecule is C/C=C\C(CCCc1cncc(-c2ccc(CC)cc2)n1)=NC.CC. The smallest absolute Gasteiger partial charge is 0.0888 e. The van der Waals surface area contributed by atoms with Crippen LogP contribution in [-0.2, 0) is 12.8 Å². The molecule has 25 heavy (non-hydrogen) atoms. The highest BCUT2D eigenvalue weighted by Gasteiger charge is 2.03. The Kier molecular flexibility index (Phi) is 10.1. The zero-order valence-corrected chi connectivity index (χ0v) is 16.3. The number of aromatic nitrogens is 2. The van der Waals surface area contributed by atoms with Crippen molar-refractivity contribution in [1.82, 2.24) is 9.97 Å². The molecular weight excluding hydrogens is 306 g/mol. The van der Waals surface area contributed by atoms with Gasteiger partial charge in [-0.1, -0.05) is 51.1 Å². The molecule has 0 radical (unpaired) electrons. The van der Waals surface area contributed by atoms with Crippen molar-refractivity contribution in [2.45, 2.75) is 53.4 Å². The third-order valence-electron chi connectivity index (χ3n) is 3.85. The van der Waals surface area contributed by atoms with E-state index in [9.17, 15) is 0 Å². The van der Waals surface area contributed by atoms with E-state index in [1.54, 1.807) is 0 Å². The first-order valence-electron chi connectivity index (χ1n) is 9.25. The van der Waals surface area contributed by atoms with Crippen LogP contribution in [0.1, 0.15) is 51.8 Å². The molecule has 0 aliphatic carbocycles. The van der Waals surface area contributed by atoms with Gasteiger partial charge >= 0.3 is 0 Å². The summed E-state index contributed by atoms with van der Waals surface area (Å²) in [5.74, 6) is 0. The van der Waals surface area contributed by atoms with Gasteiger partial charge in [-0.25, -0.2) is 4.98 Å². The Bertz CT molecular complexity index is 670. The van der Waals surface area contributed by atoms with Gasteiger partial charge in [-0.2, -0.15) is 0 Å². The minimum atomic E-state index is 0.921. The second-order valence-corrected chi connectivity index (χ2v) is 5.51. The van der Waals surface area contributed by atoms with E-state index < -0.39 is 0 Å². The van der Waals surface area contributed by atoms with Crippen LogP contribution in [0.3, 0.4) is 0 Å². The lowest BCUT2D eigenvalue weighted by molar-refractivity contribution is 0.831. The highest BCUT2D eigenvalue weighted by atomic mass is 14.8. The fraction of sp³-hybridized carbons (Fsp3) is 0.409. The molecule has 0 unspecified atom stereocenters. The molecule has 1 aromatic heterocycles. The number of nitrogens with zero attached hydrogens (tertiary/aromatic N) is 3. The van der Waals surface area contributed by atoms with Crippen molar-refractivity contribution in [1.29, 1.82) is 0 Å². The molecule has 2 aromatic rings. The molecule has 134 valence electrons. The van der Waals surface area contributed by atoms with Gasteiger partial charge in [-0.3, -0.25) is 9.98 Å². The molecule has 0 atom stereocenters. The highest BCUT2D eigenvalue weighted by Crippen LogP contribution is 2.18. The number of aliphatic imine (C=N–C) groups is 1. The number of aryl methyl sites for hydroxylation is 2. The predicted octanol–water partition coefficient (Wildman–Crippen LogP) is 5.70. The van der Waals surface area contributed by atoms with E-state index in [2.05, 4.69) is 47.2 Å². The van der Waals surface area contributed by atoms with Crippen LogP contribution in [0.5, 0.6) is 0 Å². The van der Waals surface area contributed by atoms with Gasteiger partial charge in [0, 0.05) is 24.5 Å². The summed E-state index contributed by atoms with van der Waals surface area (Å²) in [5, 5.41) is 0. The van der Waals surface area contributed by atoms with Gasteiger partial charge in [-0.05, 0) is 44.2 Å². The molecule has 0 saturated heterocycles. The van der Waals surface area contributed by atoms with Gasteiger partial charge in [0.05, 0.1) is 17.6 Å². The van der Waals surface area contributed by atoms with Gasteiger partial charge in [0.2, 0.25) is 0 Å².